The van der Waals surface area contributed by atoms with E-state index >= 15 is 0 Å². The van der Waals surface area contributed by atoms with Crippen molar-refractivity contribution in [3.63, 3.8) is 0 Å². The van der Waals surface area contributed by atoms with E-state index in [1.165, 1.54) is 6.42 Å². The van der Waals surface area contributed by atoms with Crippen LogP contribution in [0.25, 0.3) is 0 Å². The molecular formula is C28H35Cl2N2O3+. The highest BCUT2D eigenvalue weighted by molar-refractivity contribution is 6.42. The molecule has 3 aromatic rings. The maximum Gasteiger partial charge on any atom is 0.202 e. The third-order valence-corrected chi connectivity index (χ3v) is 7.91. The van der Waals surface area contributed by atoms with Crippen molar-refractivity contribution in [3.05, 3.63) is 82.0 Å². The number of halogens is 2. The number of oxazole rings is 1. The lowest BCUT2D eigenvalue weighted by molar-refractivity contribution is -0.904. The molecule has 4 rings (SSSR count). The molecule has 1 saturated carbocycles. The normalized spacial score (nSPS) is 16.7. The van der Waals surface area contributed by atoms with Crippen molar-refractivity contribution in [1.82, 2.24) is 4.98 Å². The summed E-state index contributed by atoms with van der Waals surface area (Å²) in [6.45, 7) is 2.13. The lowest BCUT2D eigenvalue weighted by Gasteiger charge is -2.41. The number of ether oxygens (including phenoxy) is 1. The zero-order valence-electron chi connectivity index (χ0n) is 20.6. The summed E-state index contributed by atoms with van der Waals surface area (Å²) in [5.74, 6) is 2.18. The van der Waals surface area contributed by atoms with E-state index in [4.69, 9.17) is 37.3 Å². The summed E-state index contributed by atoms with van der Waals surface area (Å²) < 4.78 is 13.0. The van der Waals surface area contributed by atoms with Crippen LogP contribution in [0.15, 0.2) is 59.1 Å². The quantitative estimate of drug-likeness (QED) is 0.303. The number of hydrogen-bond acceptors (Lipinski definition) is 4. The number of aliphatic hydroxyl groups excluding tert-OH is 1. The minimum Gasteiger partial charge on any atom is -0.488 e. The van der Waals surface area contributed by atoms with E-state index < -0.39 is 0 Å². The molecule has 1 aliphatic carbocycles. The third-order valence-electron chi connectivity index (χ3n) is 7.17. The first kappa shape index (κ1) is 26.0. The van der Waals surface area contributed by atoms with Crippen molar-refractivity contribution in [1.29, 1.82) is 0 Å². The lowest BCUT2D eigenvalue weighted by Crippen LogP contribution is -2.41. The topological polar surface area (TPSA) is 55.5 Å². The number of benzene rings is 2. The minimum absolute atomic E-state index is 0.0589. The van der Waals surface area contributed by atoms with Gasteiger partial charge in [0.25, 0.3) is 0 Å². The Morgan fingerprint density at radius 3 is 2.49 bits per heavy atom. The van der Waals surface area contributed by atoms with Crippen molar-refractivity contribution in [2.45, 2.75) is 44.6 Å². The van der Waals surface area contributed by atoms with E-state index in [0.717, 1.165) is 43.6 Å². The Morgan fingerprint density at radius 2 is 1.80 bits per heavy atom. The molecule has 5 nitrogen and oxygen atoms in total. The maximum atomic E-state index is 10.5. The maximum absolute atomic E-state index is 10.5. The van der Waals surface area contributed by atoms with E-state index in [0.29, 0.717) is 39.3 Å². The van der Waals surface area contributed by atoms with E-state index in [-0.39, 0.29) is 17.9 Å². The molecule has 1 atom stereocenters. The van der Waals surface area contributed by atoms with Crippen LogP contribution in [0.1, 0.15) is 55.2 Å². The van der Waals surface area contributed by atoms with Gasteiger partial charge < -0.3 is 18.7 Å². The zero-order chi connectivity index (χ0) is 24.9. The van der Waals surface area contributed by atoms with Crippen molar-refractivity contribution in [2.24, 2.45) is 5.41 Å². The van der Waals surface area contributed by atoms with Crippen molar-refractivity contribution in [2.75, 3.05) is 33.9 Å². The molecule has 1 aromatic heterocycles. The lowest BCUT2D eigenvalue weighted by atomic mass is 9.64. The van der Waals surface area contributed by atoms with Gasteiger partial charge in [0, 0.05) is 18.1 Å². The molecule has 0 radical (unpaired) electrons. The number of likely N-dealkylation sites (N-methyl/N-ethyl adjacent to an activating group) is 1. The van der Waals surface area contributed by atoms with Gasteiger partial charge in [0.05, 0.1) is 36.3 Å². The number of rotatable bonds is 10. The van der Waals surface area contributed by atoms with Crippen LogP contribution in [0.5, 0.6) is 5.75 Å². The summed E-state index contributed by atoms with van der Waals surface area (Å²) in [7, 11) is 4.29. The Bertz CT molecular complexity index is 1090. The first-order chi connectivity index (χ1) is 16.8. The Kier molecular flexibility index (Phi) is 8.43. The number of aromatic nitrogens is 1. The van der Waals surface area contributed by atoms with Crippen LogP contribution >= 0.6 is 23.2 Å². The molecule has 1 N–H and O–H groups in total. The Morgan fingerprint density at radius 1 is 1.06 bits per heavy atom. The van der Waals surface area contributed by atoms with Gasteiger partial charge in [-0.25, -0.2) is 4.98 Å². The van der Waals surface area contributed by atoms with Gasteiger partial charge in [-0.2, -0.15) is 0 Å². The molecule has 1 heterocycles. The van der Waals surface area contributed by atoms with Gasteiger partial charge >= 0.3 is 0 Å². The van der Waals surface area contributed by atoms with Crippen LogP contribution in [-0.4, -0.2) is 48.4 Å². The summed E-state index contributed by atoms with van der Waals surface area (Å²) in [6, 6.07) is 15.7. The number of aliphatic hydroxyl groups is 1. The highest BCUT2D eigenvalue weighted by Gasteiger charge is 2.43. The second kappa shape index (κ2) is 11.3. The predicted octanol–water partition coefficient (Wildman–Crippen LogP) is 6.71. The fourth-order valence-electron chi connectivity index (χ4n) is 5.20. The molecule has 188 valence electrons. The van der Waals surface area contributed by atoms with Crippen LogP contribution in [0, 0.1) is 5.41 Å². The second-order valence-corrected chi connectivity index (χ2v) is 11.1. The van der Waals surface area contributed by atoms with E-state index in [2.05, 4.69) is 26.2 Å². The molecule has 0 spiro atoms. The van der Waals surface area contributed by atoms with Gasteiger partial charge in [0.15, 0.2) is 5.76 Å². The Balaban J connectivity index is 1.47. The van der Waals surface area contributed by atoms with Gasteiger partial charge in [-0.15, -0.1) is 0 Å². The van der Waals surface area contributed by atoms with Gasteiger partial charge in [0.1, 0.15) is 25.4 Å². The van der Waals surface area contributed by atoms with Crippen LogP contribution in [0.4, 0.5) is 0 Å². The fraction of sp³-hybridized carbons (Fsp3) is 0.464. The monoisotopic (exact) mass is 517 g/mol. The zero-order valence-corrected chi connectivity index (χ0v) is 22.1. The van der Waals surface area contributed by atoms with Gasteiger partial charge in [-0.05, 0) is 30.5 Å². The average Bonchev–Trinajstić information content (AvgIpc) is 3.29. The number of hydrogen-bond donors (Lipinski definition) is 1. The number of quaternary nitrogens is 1. The van der Waals surface area contributed by atoms with Crippen LogP contribution in [-0.2, 0) is 6.54 Å². The van der Waals surface area contributed by atoms with Gasteiger partial charge in [-0.3, -0.25) is 0 Å². The molecule has 0 bridgehead atoms. The first-order valence-electron chi connectivity index (χ1n) is 12.3. The van der Waals surface area contributed by atoms with Crippen molar-refractivity contribution >= 4 is 23.2 Å². The molecule has 0 unspecified atom stereocenters. The summed E-state index contributed by atoms with van der Waals surface area (Å²) in [5, 5.41) is 11.5. The van der Waals surface area contributed by atoms with Crippen molar-refractivity contribution in [3.8, 4) is 5.75 Å². The Labute approximate surface area is 218 Å². The van der Waals surface area contributed by atoms with E-state index in [9.17, 15) is 5.11 Å². The molecule has 35 heavy (non-hydrogen) atoms. The van der Waals surface area contributed by atoms with Crippen LogP contribution in [0.2, 0.25) is 10.0 Å². The first-order valence-corrected chi connectivity index (χ1v) is 13.1. The summed E-state index contributed by atoms with van der Waals surface area (Å²) in [4.78, 5) is 4.74. The smallest absolute Gasteiger partial charge is 0.202 e. The molecule has 1 fully saturated rings. The standard InChI is InChI=1S/C28H35Cl2N2O3/c1-32(2,15-16-34-22-11-12-24(29)25(30)17-22)19-23-18-31-27(35-23)26(21-9-5-3-6-10-21)28(20-33)13-7-4-8-14-28/h3,5-6,9-12,17-18,26,33H,4,7-8,13-16,19-20H2,1-2H3/q+1/t26-/m0/s1. The van der Waals surface area contributed by atoms with E-state index in [1.54, 1.807) is 12.1 Å². The highest BCUT2D eigenvalue weighted by atomic mass is 35.5. The van der Waals surface area contributed by atoms with Crippen molar-refractivity contribution < 1.29 is 18.7 Å². The molecule has 2 aromatic carbocycles. The summed E-state index contributed by atoms with van der Waals surface area (Å²) >= 11 is 12.1. The Hall–Kier alpha value is -2.05. The molecule has 7 heteroatoms. The predicted molar refractivity (Wildman–Crippen MR) is 140 cm³/mol. The number of nitrogens with zero attached hydrogens (tertiary/aromatic N) is 2. The largest absolute Gasteiger partial charge is 0.488 e. The molecule has 0 amide bonds. The van der Waals surface area contributed by atoms with Crippen LogP contribution < -0.4 is 4.74 Å². The highest BCUT2D eigenvalue weighted by Crippen LogP contribution is 2.50. The van der Waals surface area contributed by atoms with Gasteiger partial charge in [-0.1, -0.05) is 72.8 Å². The minimum atomic E-state index is -0.236. The van der Waals surface area contributed by atoms with Gasteiger partial charge in [0.2, 0.25) is 5.89 Å². The summed E-state index contributed by atoms with van der Waals surface area (Å²) in [5.41, 5.74) is 0.917. The average molecular weight is 519 g/mol. The molecular weight excluding hydrogens is 483 g/mol. The fourth-order valence-corrected chi connectivity index (χ4v) is 5.49. The second-order valence-electron chi connectivity index (χ2n) is 10.3. The molecule has 1 aliphatic rings. The SMILES string of the molecule is C[N+](C)(CCOc1ccc(Cl)c(Cl)c1)Cc1cnc([C@H](c2ccccc2)C2(CO)CCCCC2)o1. The van der Waals surface area contributed by atoms with Crippen LogP contribution in [0.3, 0.4) is 0 Å². The molecule has 0 saturated heterocycles. The third kappa shape index (κ3) is 6.39. The van der Waals surface area contributed by atoms with E-state index in [1.807, 2.05) is 30.5 Å². The summed E-state index contributed by atoms with van der Waals surface area (Å²) in [6.07, 6.45) is 7.28. The molecule has 0 aliphatic heterocycles.